The minimum atomic E-state index is 0.172. The third-order valence-corrected chi connectivity index (χ3v) is 3.04. The average Bonchev–Trinajstić information content (AvgIpc) is 2.78. The van der Waals surface area contributed by atoms with Gasteiger partial charge in [-0.05, 0) is 13.3 Å². The van der Waals surface area contributed by atoms with Crippen molar-refractivity contribution in [2.24, 2.45) is 7.05 Å². The molecule has 2 heterocycles. The molecule has 1 aromatic heterocycles. The summed E-state index contributed by atoms with van der Waals surface area (Å²) in [5.41, 5.74) is 0.172. The Morgan fingerprint density at radius 2 is 2.53 bits per heavy atom. The lowest BCUT2D eigenvalue weighted by Gasteiger charge is -2.23. The van der Waals surface area contributed by atoms with Crippen LogP contribution in [0.3, 0.4) is 0 Å². The van der Waals surface area contributed by atoms with Gasteiger partial charge in [0.05, 0.1) is 6.61 Å². The molecule has 1 unspecified atom stereocenters. The SMILES string of the molecule is Cn1ccnc1CCNC1(C)CCOC1. The smallest absolute Gasteiger partial charge is 0.109 e. The van der Waals surface area contributed by atoms with E-state index >= 15 is 0 Å². The number of aryl methyl sites for hydroxylation is 1. The average molecular weight is 209 g/mol. The minimum Gasteiger partial charge on any atom is -0.379 e. The number of hydrogen-bond acceptors (Lipinski definition) is 3. The van der Waals surface area contributed by atoms with Crippen molar-refractivity contribution >= 4 is 0 Å². The van der Waals surface area contributed by atoms with E-state index in [0.717, 1.165) is 38.4 Å². The topological polar surface area (TPSA) is 39.1 Å². The molecule has 0 radical (unpaired) electrons. The van der Waals surface area contributed by atoms with Crippen LogP contribution in [0.4, 0.5) is 0 Å². The Kier molecular flexibility index (Phi) is 3.07. The lowest BCUT2D eigenvalue weighted by molar-refractivity contribution is 0.172. The molecule has 0 saturated carbocycles. The summed E-state index contributed by atoms with van der Waals surface area (Å²) in [6.45, 7) is 4.89. The predicted octanol–water partition coefficient (Wildman–Crippen LogP) is 0.731. The molecule has 1 aliphatic heterocycles. The lowest BCUT2D eigenvalue weighted by atomic mass is 10.0. The first-order valence-electron chi connectivity index (χ1n) is 5.49. The summed E-state index contributed by atoms with van der Waals surface area (Å²) in [4.78, 5) is 4.29. The van der Waals surface area contributed by atoms with Gasteiger partial charge in [-0.2, -0.15) is 0 Å². The highest BCUT2D eigenvalue weighted by atomic mass is 16.5. The normalized spacial score (nSPS) is 26.0. The summed E-state index contributed by atoms with van der Waals surface area (Å²) in [5.74, 6) is 1.13. The van der Waals surface area contributed by atoms with Crippen LogP contribution in [0.25, 0.3) is 0 Å². The summed E-state index contributed by atoms with van der Waals surface area (Å²) in [5, 5.41) is 3.55. The van der Waals surface area contributed by atoms with E-state index in [1.807, 2.05) is 19.4 Å². The number of imidazole rings is 1. The van der Waals surface area contributed by atoms with Crippen LogP contribution in [0.2, 0.25) is 0 Å². The maximum Gasteiger partial charge on any atom is 0.109 e. The van der Waals surface area contributed by atoms with Crippen LogP contribution in [0.15, 0.2) is 12.4 Å². The molecule has 4 heteroatoms. The van der Waals surface area contributed by atoms with Gasteiger partial charge in [0, 0.05) is 44.6 Å². The molecule has 1 N–H and O–H groups in total. The van der Waals surface area contributed by atoms with E-state index in [2.05, 4.69) is 21.8 Å². The zero-order chi connectivity index (χ0) is 10.7. The zero-order valence-electron chi connectivity index (χ0n) is 9.49. The minimum absolute atomic E-state index is 0.172. The Morgan fingerprint density at radius 3 is 3.13 bits per heavy atom. The van der Waals surface area contributed by atoms with E-state index in [-0.39, 0.29) is 5.54 Å². The van der Waals surface area contributed by atoms with Crippen LogP contribution in [0.1, 0.15) is 19.2 Å². The molecule has 0 aromatic carbocycles. The van der Waals surface area contributed by atoms with Crippen molar-refractivity contribution in [3.8, 4) is 0 Å². The molecule has 1 saturated heterocycles. The molecule has 1 aliphatic rings. The van der Waals surface area contributed by atoms with Crippen molar-refractivity contribution in [1.82, 2.24) is 14.9 Å². The summed E-state index contributed by atoms with van der Waals surface area (Å²) in [7, 11) is 2.03. The second-order valence-electron chi connectivity index (χ2n) is 4.49. The second-order valence-corrected chi connectivity index (χ2v) is 4.49. The highest BCUT2D eigenvalue weighted by Gasteiger charge is 2.28. The molecule has 15 heavy (non-hydrogen) atoms. The van der Waals surface area contributed by atoms with Gasteiger partial charge in [0.25, 0.3) is 0 Å². The molecule has 2 rings (SSSR count). The fourth-order valence-corrected chi connectivity index (χ4v) is 1.92. The monoisotopic (exact) mass is 209 g/mol. The Morgan fingerprint density at radius 1 is 1.67 bits per heavy atom. The fraction of sp³-hybridized carbons (Fsp3) is 0.727. The number of nitrogens with one attached hydrogen (secondary N) is 1. The van der Waals surface area contributed by atoms with Gasteiger partial charge in [-0.25, -0.2) is 4.98 Å². The Balaban J connectivity index is 1.77. The lowest BCUT2D eigenvalue weighted by Crippen LogP contribution is -2.43. The first-order valence-corrected chi connectivity index (χ1v) is 5.49. The molecule has 0 bridgehead atoms. The largest absolute Gasteiger partial charge is 0.379 e. The van der Waals surface area contributed by atoms with Crippen LogP contribution in [0.5, 0.6) is 0 Å². The van der Waals surface area contributed by atoms with Crippen molar-refractivity contribution in [2.75, 3.05) is 19.8 Å². The van der Waals surface area contributed by atoms with Crippen molar-refractivity contribution in [3.05, 3.63) is 18.2 Å². The van der Waals surface area contributed by atoms with Gasteiger partial charge in [0.1, 0.15) is 5.82 Å². The van der Waals surface area contributed by atoms with Gasteiger partial charge < -0.3 is 14.6 Å². The van der Waals surface area contributed by atoms with Gasteiger partial charge in [0.2, 0.25) is 0 Å². The number of ether oxygens (including phenoxy) is 1. The summed E-state index contributed by atoms with van der Waals surface area (Å²) >= 11 is 0. The third-order valence-electron chi connectivity index (χ3n) is 3.04. The first-order chi connectivity index (χ1) is 7.20. The van der Waals surface area contributed by atoms with Crippen LogP contribution < -0.4 is 5.32 Å². The van der Waals surface area contributed by atoms with Crippen LogP contribution in [0, 0.1) is 0 Å². The van der Waals surface area contributed by atoms with Crippen molar-refractivity contribution in [1.29, 1.82) is 0 Å². The first kappa shape index (κ1) is 10.6. The van der Waals surface area contributed by atoms with E-state index in [0.29, 0.717) is 0 Å². The summed E-state index contributed by atoms with van der Waals surface area (Å²) in [6.07, 6.45) is 5.90. The van der Waals surface area contributed by atoms with E-state index in [1.54, 1.807) is 0 Å². The zero-order valence-corrected chi connectivity index (χ0v) is 9.49. The fourth-order valence-electron chi connectivity index (χ4n) is 1.92. The molecule has 4 nitrogen and oxygen atoms in total. The predicted molar refractivity (Wildman–Crippen MR) is 58.8 cm³/mol. The standard InChI is InChI=1S/C11H19N3O/c1-11(4-8-15-9-11)13-5-3-10-12-6-7-14(10)2/h6-7,13H,3-5,8-9H2,1-2H3. The molecule has 1 fully saturated rings. The van der Waals surface area contributed by atoms with Crippen LogP contribution in [-0.4, -0.2) is 34.8 Å². The van der Waals surface area contributed by atoms with Gasteiger partial charge in [-0.15, -0.1) is 0 Å². The Bertz CT molecular complexity index is 315. The second kappa shape index (κ2) is 4.33. The molecule has 0 spiro atoms. The summed E-state index contributed by atoms with van der Waals surface area (Å²) in [6, 6.07) is 0. The van der Waals surface area contributed by atoms with Gasteiger partial charge in [-0.3, -0.25) is 0 Å². The number of nitrogens with zero attached hydrogens (tertiary/aromatic N) is 2. The molecular formula is C11H19N3O. The Hall–Kier alpha value is -0.870. The number of hydrogen-bond donors (Lipinski definition) is 1. The maximum absolute atomic E-state index is 5.39. The molecular weight excluding hydrogens is 190 g/mol. The number of rotatable bonds is 4. The quantitative estimate of drug-likeness (QED) is 0.794. The third kappa shape index (κ3) is 2.58. The molecule has 0 amide bonds. The highest BCUT2D eigenvalue weighted by Crippen LogP contribution is 2.17. The van der Waals surface area contributed by atoms with E-state index in [1.165, 1.54) is 0 Å². The van der Waals surface area contributed by atoms with Gasteiger partial charge in [0.15, 0.2) is 0 Å². The van der Waals surface area contributed by atoms with Crippen molar-refractivity contribution < 1.29 is 4.74 Å². The summed E-state index contributed by atoms with van der Waals surface area (Å²) < 4.78 is 7.45. The van der Waals surface area contributed by atoms with E-state index < -0.39 is 0 Å². The van der Waals surface area contributed by atoms with Crippen LogP contribution >= 0.6 is 0 Å². The Labute approximate surface area is 90.6 Å². The molecule has 1 atom stereocenters. The number of aromatic nitrogens is 2. The maximum atomic E-state index is 5.39. The van der Waals surface area contributed by atoms with E-state index in [9.17, 15) is 0 Å². The van der Waals surface area contributed by atoms with Crippen molar-refractivity contribution in [2.45, 2.75) is 25.3 Å². The molecule has 84 valence electrons. The van der Waals surface area contributed by atoms with Gasteiger partial charge >= 0.3 is 0 Å². The highest BCUT2D eigenvalue weighted by molar-refractivity contribution is 4.93. The molecule has 0 aliphatic carbocycles. The molecule has 1 aromatic rings. The van der Waals surface area contributed by atoms with Crippen molar-refractivity contribution in [3.63, 3.8) is 0 Å². The van der Waals surface area contributed by atoms with Gasteiger partial charge in [-0.1, -0.05) is 0 Å². The van der Waals surface area contributed by atoms with E-state index in [4.69, 9.17) is 4.74 Å². The van der Waals surface area contributed by atoms with Crippen LogP contribution in [-0.2, 0) is 18.2 Å².